The molecule has 0 aliphatic carbocycles. The van der Waals surface area contributed by atoms with Gasteiger partial charge in [0.2, 0.25) is 5.91 Å². The lowest BCUT2D eigenvalue weighted by molar-refractivity contribution is -0.119. The van der Waals surface area contributed by atoms with E-state index in [2.05, 4.69) is 5.32 Å². The highest BCUT2D eigenvalue weighted by atomic mass is 16.5. The molecule has 0 saturated carbocycles. The molecule has 0 aromatic heterocycles. The third kappa shape index (κ3) is 7.15. The molecule has 0 aliphatic heterocycles. The smallest absolute Gasteiger partial charge is 0.239 e. The first-order valence-electron chi connectivity index (χ1n) is 8.97. The summed E-state index contributed by atoms with van der Waals surface area (Å²) in [5.74, 6) is 1.57. The van der Waals surface area contributed by atoms with Gasteiger partial charge in [-0.25, -0.2) is 0 Å². The van der Waals surface area contributed by atoms with Gasteiger partial charge in [-0.15, -0.1) is 0 Å². The molecule has 140 valence electrons. The Balaban J connectivity index is 1.74. The zero-order valence-electron chi connectivity index (χ0n) is 15.8. The summed E-state index contributed by atoms with van der Waals surface area (Å²) in [6.45, 7) is 5.61. The normalized spacial score (nSPS) is 10.6. The molecule has 5 heteroatoms. The van der Waals surface area contributed by atoms with Gasteiger partial charge in [0.15, 0.2) is 0 Å². The predicted octanol–water partition coefficient (Wildman–Crippen LogP) is 3.85. The first-order valence-corrected chi connectivity index (χ1v) is 8.97. The van der Waals surface area contributed by atoms with E-state index in [0.29, 0.717) is 19.7 Å². The number of hydrogen-bond donors (Lipinski definition) is 1. The Bertz CT molecular complexity index is 657. The van der Waals surface area contributed by atoms with Crippen molar-refractivity contribution in [3.05, 3.63) is 54.6 Å². The Morgan fingerprint density at radius 1 is 1.04 bits per heavy atom. The van der Waals surface area contributed by atoms with Gasteiger partial charge in [0.25, 0.3) is 0 Å². The van der Waals surface area contributed by atoms with Gasteiger partial charge in [-0.05, 0) is 56.7 Å². The number of carbonyl (C=O) groups is 1. The van der Waals surface area contributed by atoms with E-state index >= 15 is 0 Å². The summed E-state index contributed by atoms with van der Waals surface area (Å²) in [6.07, 6.45) is 1.05. The van der Waals surface area contributed by atoms with Gasteiger partial charge in [-0.1, -0.05) is 18.2 Å². The average molecular weight is 356 g/mol. The van der Waals surface area contributed by atoms with E-state index in [1.807, 2.05) is 80.4 Å². The summed E-state index contributed by atoms with van der Waals surface area (Å²) < 4.78 is 11.2. The molecule has 0 spiro atoms. The Labute approximate surface area is 155 Å². The predicted molar refractivity (Wildman–Crippen MR) is 105 cm³/mol. The Kier molecular flexibility index (Phi) is 7.96. The fourth-order valence-electron chi connectivity index (χ4n) is 2.37. The Morgan fingerprint density at radius 2 is 1.69 bits per heavy atom. The van der Waals surface area contributed by atoms with Crippen LogP contribution < -0.4 is 15.0 Å². The van der Waals surface area contributed by atoms with E-state index in [1.54, 1.807) is 0 Å². The number of anilines is 1. The first kappa shape index (κ1) is 19.8. The van der Waals surface area contributed by atoms with E-state index < -0.39 is 0 Å². The van der Waals surface area contributed by atoms with Crippen molar-refractivity contribution < 1.29 is 14.3 Å². The van der Waals surface area contributed by atoms with Gasteiger partial charge >= 0.3 is 0 Å². The highest BCUT2D eigenvalue weighted by Gasteiger charge is 2.07. The van der Waals surface area contributed by atoms with Crippen molar-refractivity contribution in [2.75, 3.05) is 31.6 Å². The standard InChI is InChI=1S/C21H28N2O3/c1-17(2)25-15-7-14-22-21(24)16-23(3)18-10-12-20(13-11-18)26-19-8-5-4-6-9-19/h4-6,8-13,17H,7,14-16H2,1-3H3,(H,22,24). The first-order chi connectivity index (χ1) is 12.5. The van der Waals surface area contributed by atoms with Crippen LogP contribution in [0.5, 0.6) is 11.5 Å². The molecule has 0 unspecified atom stereocenters. The van der Waals surface area contributed by atoms with E-state index in [1.165, 1.54) is 0 Å². The van der Waals surface area contributed by atoms with Crippen LogP contribution in [-0.2, 0) is 9.53 Å². The van der Waals surface area contributed by atoms with E-state index in [0.717, 1.165) is 23.6 Å². The monoisotopic (exact) mass is 356 g/mol. The maximum absolute atomic E-state index is 12.0. The molecule has 1 amide bonds. The second kappa shape index (κ2) is 10.5. The fourth-order valence-corrected chi connectivity index (χ4v) is 2.37. The largest absolute Gasteiger partial charge is 0.457 e. The van der Waals surface area contributed by atoms with Crippen LogP contribution in [-0.4, -0.2) is 38.8 Å². The maximum Gasteiger partial charge on any atom is 0.239 e. The number of carbonyl (C=O) groups excluding carboxylic acids is 1. The number of amides is 1. The maximum atomic E-state index is 12.0. The van der Waals surface area contributed by atoms with Crippen LogP contribution in [0.3, 0.4) is 0 Å². The van der Waals surface area contributed by atoms with Crippen LogP contribution >= 0.6 is 0 Å². The van der Waals surface area contributed by atoms with Crippen LogP contribution in [0, 0.1) is 0 Å². The molecule has 26 heavy (non-hydrogen) atoms. The van der Waals surface area contributed by atoms with Gasteiger partial charge in [0, 0.05) is 25.9 Å². The van der Waals surface area contributed by atoms with Crippen molar-refractivity contribution in [1.82, 2.24) is 5.32 Å². The highest BCUT2D eigenvalue weighted by Crippen LogP contribution is 2.23. The number of para-hydroxylation sites is 1. The molecule has 1 N–H and O–H groups in total. The third-order valence-electron chi connectivity index (χ3n) is 3.73. The number of nitrogens with one attached hydrogen (secondary N) is 1. The van der Waals surface area contributed by atoms with Gasteiger partial charge in [-0.2, -0.15) is 0 Å². The van der Waals surface area contributed by atoms with Crippen molar-refractivity contribution in [2.45, 2.75) is 26.4 Å². The van der Waals surface area contributed by atoms with E-state index in [-0.39, 0.29) is 12.0 Å². The SMILES string of the molecule is CC(C)OCCCNC(=O)CN(C)c1ccc(Oc2ccccc2)cc1. The zero-order chi connectivity index (χ0) is 18.8. The molecule has 0 radical (unpaired) electrons. The Hall–Kier alpha value is -2.53. The quantitative estimate of drug-likeness (QED) is 0.657. The molecule has 2 aromatic carbocycles. The summed E-state index contributed by atoms with van der Waals surface area (Å²) in [4.78, 5) is 13.9. The van der Waals surface area contributed by atoms with Crippen LogP contribution in [0.4, 0.5) is 5.69 Å². The molecule has 0 heterocycles. The van der Waals surface area contributed by atoms with E-state index in [9.17, 15) is 4.79 Å². The number of nitrogens with zero attached hydrogens (tertiary/aromatic N) is 1. The lowest BCUT2D eigenvalue weighted by Crippen LogP contribution is -2.35. The summed E-state index contributed by atoms with van der Waals surface area (Å²) >= 11 is 0. The number of ether oxygens (including phenoxy) is 2. The zero-order valence-corrected chi connectivity index (χ0v) is 15.8. The topological polar surface area (TPSA) is 50.8 Å². The molecule has 0 saturated heterocycles. The van der Waals surface area contributed by atoms with E-state index in [4.69, 9.17) is 9.47 Å². The minimum absolute atomic E-state index is 0.00154. The number of benzene rings is 2. The summed E-state index contributed by atoms with van der Waals surface area (Å²) in [5, 5.41) is 2.92. The van der Waals surface area contributed by atoms with Crippen molar-refractivity contribution in [2.24, 2.45) is 0 Å². The van der Waals surface area contributed by atoms with Crippen molar-refractivity contribution in [3.63, 3.8) is 0 Å². The minimum Gasteiger partial charge on any atom is -0.457 e. The second-order valence-electron chi connectivity index (χ2n) is 6.39. The van der Waals surface area contributed by atoms with Crippen LogP contribution in [0.25, 0.3) is 0 Å². The molecule has 0 aliphatic rings. The Morgan fingerprint density at radius 3 is 2.35 bits per heavy atom. The summed E-state index contributed by atoms with van der Waals surface area (Å²) in [6, 6.07) is 17.3. The molecule has 2 rings (SSSR count). The number of rotatable bonds is 10. The van der Waals surface area contributed by atoms with Gasteiger partial charge in [0.05, 0.1) is 12.6 Å². The molecular formula is C21H28N2O3. The second-order valence-corrected chi connectivity index (χ2v) is 6.39. The summed E-state index contributed by atoms with van der Waals surface area (Å²) in [5.41, 5.74) is 0.962. The molecule has 5 nitrogen and oxygen atoms in total. The van der Waals surface area contributed by atoms with Crippen LogP contribution in [0.15, 0.2) is 54.6 Å². The van der Waals surface area contributed by atoms with Crippen molar-refractivity contribution in [1.29, 1.82) is 0 Å². The van der Waals surface area contributed by atoms with Crippen molar-refractivity contribution in [3.8, 4) is 11.5 Å². The van der Waals surface area contributed by atoms with Crippen LogP contribution in [0.1, 0.15) is 20.3 Å². The molecular weight excluding hydrogens is 328 g/mol. The molecule has 0 atom stereocenters. The molecule has 2 aromatic rings. The molecule has 0 fully saturated rings. The van der Waals surface area contributed by atoms with Crippen LogP contribution in [0.2, 0.25) is 0 Å². The lowest BCUT2D eigenvalue weighted by atomic mass is 10.2. The third-order valence-corrected chi connectivity index (χ3v) is 3.73. The lowest BCUT2D eigenvalue weighted by Gasteiger charge is -2.19. The number of likely N-dealkylation sites (N-methyl/N-ethyl adjacent to an activating group) is 1. The average Bonchev–Trinajstić information content (AvgIpc) is 2.62. The minimum atomic E-state index is 0.00154. The highest BCUT2D eigenvalue weighted by molar-refractivity contribution is 5.81. The van der Waals surface area contributed by atoms with Gasteiger partial charge < -0.3 is 19.7 Å². The fraction of sp³-hybridized carbons (Fsp3) is 0.381. The molecule has 0 bridgehead atoms. The number of hydrogen-bond acceptors (Lipinski definition) is 4. The van der Waals surface area contributed by atoms with Gasteiger partial charge in [0.1, 0.15) is 11.5 Å². The summed E-state index contributed by atoms with van der Waals surface area (Å²) in [7, 11) is 1.90. The van der Waals surface area contributed by atoms with Crippen molar-refractivity contribution >= 4 is 11.6 Å². The van der Waals surface area contributed by atoms with Gasteiger partial charge in [-0.3, -0.25) is 4.79 Å².